The van der Waals surface area contributed by atoms with E-state index >= 15 is 0 Å². The number of hydrogen-bond acceptors (Lipinski definition) is 3. The van der Waals surface area contributed by atoms with Crippen LogP contribution in [-0.2, 0) is 4.79 Å². The summed E-state index contributed by atoms with van der Waals surface area (Å²) in [6.07, 6.45) is 0.954. The number of carbonyl (C=O) groups excluding carboxylic acids is 1. The van der Waals surface area contributed by atoms with Crippen molar-refractivity contribution in [1.82, 2.24) is 0 Å². The number of rotatable bonds is 6. The van der Waals surface area contributed by atoms with E-state index < -0.39 is 5.97 Å². The molecule has 0 heterocycles. The van der Waals surface area contributed by atoms with Gasteiger partial charge in [0.25, 0.3) is 0 Å². The molecular weight excluding hydrogens is 268 g/mol. The Labute approximate surface area is 116 Å². The van der Waals surface area contributed by atoms with Crippen molar-refractivity contribution in [1.29, 1.82) is 0 Å². The van der Waals surface area contributed by atoms with Crippen LogP contribution in [0.15, 0.2) is 18.2 Å². The minimum Gasteiger partial charge on any atom is -0.478 e. The number of carboxylic acid groups (broad SMARTS) is 1. The Morgan fingerprint density at radius 1 is 1.47 bits per heavy atom. The number of halogens is 1. The number of amides is 1. The van der Waals surface area contributed by atoms with Gasteiger partial charge >= 0.3 is 5.97 Å². The minimum absolute atomic E-state index is 0.0182. The van der Waals surface area contributed by atoms with Crippen molar-refractivity contribution in [2.45, 2.75) is 19.8 Å². The molecule has 1 amide bonds. The van der Waals surface area contributed by atoms with E-state index in [-0.39, 0.29) is 23.1 Å². The predicted octanol–water partition coefficient (Wildman–Crippen LogP) is 2.35. The zero-order valence-electron chi connectivity index (χ0n) is 10.6. The fraction of sp³-hybridized carbons (Fsp3) is 0.385. The number of carbonyl (C=O) groups is 2. The fourth-order valence-electron chi connectivity index (χ4n) is 1.51. The van der Waals surface area contributed by atoms with Crippen molar-refractivity contribution in [3.63, 3.8) is 0 Å². The van der Waals surface area contributed by atoms with E-state index in [0.717, 1.165) is 0 Å². The van der Waals surface area contributed by atoms with Gasteiger partial charge in [-0.2, -0.15) is 0 Å². The molecule has 1 aromatic carbocycles. The summed E-state index contributed by atoms with van der Waals surface area (Å²) < 4.78 is 0. The van der Waals surface area contributed by atoms with E-state index in [1.807, 2.05) is 6.92 Å². The first kappa shape index (κ1) is 15.5. The summed E-state index contributed by atoms with van der Waals surface area (Å²) in [5, 5.41) is 12.0. The van der Waals surface area contributed by atoms with Crippen molar-refractivity contribution < 1.29 is 14.7 Å². The Morgan fingerprint density at radius 2 is 2.16 bits per heavy atom. The molecular formula is C13H17ClN2O3. The lowest BCUT2D eigenvalue weighted by Crippen LogP contribution is -2.17. The van der Waals surface area contributed by atoms with E-state index in [0.29, 0.717) is 24.4 Å². The number of benzene rings is 1. The second kappa shape index (κ2) is 7.11. The Morgan fingerprint density at radius 3 is 2.74 bits per heavy atom. The van der Waals surface area contributed by atoms with Gasteiger partial charge in [0.15, 0.2) is 0 Å². The second-order valence-corrected chi connectivity index (χ2v) is 4.86. The maximum absolute atomic E-state index is 11.7. The molecule has 0 bridgehead atoms. The molecule has 19 heavy (non-hydrogen) atoms. The van der Waals surface area contributed by atoms with Crippen molar-refractivity contribution >= 4 is 29.2 Å². The van der Waals surface area contributed by atoms with Gasteiger partial charge in [-0.05, 0) is 37.1 Å². The van der Waals surface area contributed by atoms with E-state index in [4.69, 9.17) is 22.4 Å². The van der Waals surface area contributed by atoms with Crippen LogP contribution in [-0.4, -0.2) is 23.5 Å². The van der Waals surface area contributed by atoms with Gasteiger partial charge in [-0.15, -0.1) is 0 Å². The first-order valence-corrected chi connectivity index (χ1v) is 6.34. The molecule has 1 rings (SSSR count). The summed E-state index contributed by atoms with van der Waals surface area (Å²) in [7, 11) is 0. The fourth-order valence-corrected chi connectivity index (χ4v) is 1.69. The Kier molecular flexibility index (Phi) is 5.79. The smallest absolute Gasteiger partial charge is 0.337 e. The Bertz CT molecular complexity index is 477. The molecule has 0 saturated heterocycles. The van der Waals surface area contributed by atoms with Crippen LogP contribution < -0.4 is 11.1 Å². The van der Waals surface area contributed by atoms with Crippen LogP contribution in [0.25, 0.3) is 0 Å². The van der Waals surface area contributed by atoms with Crippen LogP contribution in [0.4, 0.5) is 5.69 Å². The molecule has 0 spiro atoms. The quantitative estimate of drug-likeness (QED) is 0.747. The number of hydrogen-bond donors (Lipinski definition) is 3. The van der Waals surface area contributed by atoms with Crippen LogP contribution in [0.3, 0.4) is 0 Å². The average molecular weight is 285 g/mol. The highest BCUT2D eigenvalue weighted by Crippen LogP contribution is 2.21. The lowest BCUT2D eigenvalue weighted by Gasteiger charge is -2.11. The first-order chi connectivity index (χ1) is 8.93. The minimum atomic E-state index is -1.11. The molecule has 0 fully saturated rings. The maximum atomic E-state index is 11.7. The summed E-state index contributed by atoms with van der Waals surface area (Å²) >= 11 is 5.79. The molecule has 1 unspecified atom stereocenters. The van der Waals surface area contributed by atoms with E-state index in [1.165, 1.54) is 18.2 Å². The van der Waals surface area contributed by atoms with Gasteiger partial charge in [0.1, 0.15) is 0 Å². The highest BCUT2D eigenvalue weighted by atomic mass is 35.5. The summed E-state index contributed by atoms with van der Waals surface area (Å²) in [5.41, 5.74) is 5.70. The van der Waals surface area contributed by atoms with Crippen molar-refractivity contribution in [3.8, 4) is 0 Å². The number of nitrogens with one attached hydrogen (secondary N) is 1. The third-order valence-electron chi connectivity index (χ3n) is 2.75. The number of nitrogens with two attached hydrogens (primary N) is 1. The van der Waals surface area contributed by atoms with Crippen molar-refractivity contribution in [2.75, 3.05) is 11.9 Å². The van der Waals surface area contributed by atoms with Gasteiger partial charge in [0.2, 0.25) is 5.91 Å². The molecule has 0 radical (unpaired) electrons. The summed E-state index contributed by atoms with van der Waals surface area (Å²) in [5.74, 6) is -1.10. The lowest BCUT2D eigenvalue weighted by atomic mass is 10.1. The lowest BCUT2D eigenvalue weighted by molar-refractivity contribution is -0.116. The van der Waals surface area contributed by atoms with Gasteiger partial charge in [0.05, 0.1) is 11.3 Å². The standard InChI is InChI=1S/C13H17ClN2O3/c1-8(7-15)2-5-12(17)16-11-6-9(14)3-4-10(11)13(18)19/h3-4,6,8H,2,5,7,15H2,1H3,(H,16,17)(H,18,19). The monoisotopic (exact) mass is 284 g/mol. The van der Waals surface area contributed by atoms with Crippen molar-refractivity contribution in [2.24, 2.45) is 11.7 Å². The molecule has 0 aliphatic carbocycles. The molecule has 1 atom stereocenters. The summed E-state index contributed by atoms with van der Waals surface area (Å²) in [6, 6.07) is 4.26. The number of aromatic carboxylic acids is 1. The molecule has 4 N–H and O–H groups in total. The van der Waals surface area contributed by atoms with Crippen molar-refractivity contribution in [3.05, 3.63) is 28.8 Å². The highest BCUT2D eigenvalue weighted by Gasteiger charge is 2.13. The van der Waals surface area contributed by atoms with Crippen LogP contribution in [0.5, 0.6) is 0 Å². The Hall–Kier alpha value is -1.59. The first-order valence-electron chi connectivity index (χ1n) is 5.96. The zero-order chi connectivity index (χ0) is 14.4. The van der Waals surface area contributed by atoms with Gasteiger partial charge < -0.3 is 16.2 Å². The zero-order valence-corrected chi connectivity index (χ0v) is 11.4. The van der Waals surface area contributed by atoms with Crippen LogP contribution >= 0.6 is 11.6 Å². The molecule has 1 aromatic rings. The maximum Gasteiger partial charge on any atom is 0.337 e. The largest absolute Gasteiger partial charge is 0.478 e. The summed E-state index contributed by atoms with van der Waals surface area (Å²) in [4.78, 5) is 22.7. The third kappa shape index (κ3) is 4.89. The third-order valence-corrected chi connectivity index (χ3v) is 2.99. The van der Waals surface area contributed by atoms with Crippen LogP contribution in [0.2, 0.25) is 5.02 Å². The molecule has 104 valence electrons. The van der Waals surface area contributed by atoms with Crippen LogP contribution in [0, 0.1) is 5.92 Å². The molecule has 6 heteroatoms. The molecule has 0 aliphatic heterocycles. The highest BCUT2D eigenvalue weighted by molar-refractivity contribution is 6.31. The van der Waals surface area contributed by atoms with E-state index in [9.17, 15) is 9.59 Å². The van der Waals surface area contributed by atoms with Gasteiger partial charge in [0, 0.05) is 11.4 Å². The SMILES string of the molecule is CC(CN)CCC(=O)Nc1cc(Cl)ccc1C(=O)O. The molecule has 5 nitrogen and oxygen atoms in total. The molecule has 0 saturated carbocycles. The van der Waals surface area contributed by atoms with Crippen LogP contribution in [0.1, 0.15) is 30.1 Å². The van der Waals surface area contributed by atoms with Gasteiger partial charge in [-0.25, -0.2) is 4.79 Å². The van der Waals surface area contributed by atoms with Gasteiger partial charge in [-0.1, -0.05) is 18.5 Å². The average Bonchev–Trinajstić information content (AvgIpc) is 2.35. The predicted molar refractivity (Wildman–Crippen MR) is 74.5 cm³/mol. The molecule has 0 aromatic heterocycles. The van der Waals surface area contributed by atoms with Gasteiger partial charge in [-0.3, -0.25) is 4.79 Å². The Balaban J connectivity index is 2.73. The van der Waals surface area contributed by atoms with E-state index in [2.05, 4.69) is 5.32 Å². The number of carboxylic acids is 1. The second-order valence-electron chi connectivity index (χ2n) is 4.42. The van der Waals surface area contributed by atoms with E-state index in [1.54, 1.807) is 0 Å². The normalized spacial score (nSPS) is 11.9. The number of anilines is 1. The summed E-state index contributed by atoms with van der Waals surface area (Å²) in [6.45, 7) is 2.47. The topological polar surface area (TPSA) is 92.4 Å². The molecule has 0 aliphatic rings.